The van der Waals surface area contributed by atoms with Gasteiger partial charge >= 0.3 is 0 Å². The molecule has 1 nitrogen and oxygen atoms in total. The van der Waals surface area contributed by atoms with E-state index in [0.717, 1.165) is 5.69 Å². The molecule has 0 radical (unpaired) electrons. The standard InChI is InChI=1S/C51H37N/c1-51(2)47-32-38(34-13-5-3-6-14-34)24-29-49(47)52(50-30-25-39(33-48(50)51)35-15-7-4-8-16-35)40-26-21-36(22-27-40)37-23-28-45-43-19-10-9-17-41(43)42-18-11-12-20-44(42)46(45)31-37/h3-33H,1-2H3. The lowest BCUT2D eigenvalue weighted by molar-refractivity contribution is 0.632. The lowest BCUT2D eigenvalue weighted by Gasteiger charge is -2.42. The maximum absolute atomic E-state index is 2.46. The SMILES string of the molecule is CC1(C)c2cc(-c3ccccc3)ccc2N(c2ccc(-c3ccc4c5ccccc5c5ccccc5c4c3)cc2)c2ccc(-c3ccccc3)cc21. The van der Waals surface area contributed by atoms with Crippen molar-refractivity contribution in [1.82, 2.24) is 0 Å². The van der Waals surface area contributed by atoms with Crippen molar-refractivity contribution in [3.63, 3.8) is 0 Å². The summed E-state index contributed by atoms with van der Waals surface area (Å²) >= 11 is 0. The monoisotopic (exact) mass is 663 g/mol. The number of anilines is 3. The summed E-state index contributed by atoms with van der Waals surface area (Å²) in [7, 11) is 0. The van der Waals surface area contributed by atoms with Gasteiger partial charge in [-0.2, -0.15) is 0 Å². The van der Waals surface area contributed by atoms with Crippen LogP contribution in [-0.2, 0) is 5.41 Å². The van der Waals surface area contributed by atoms with Crippen LogP contribution in [-0.4, -0.2) is 0 Å². The first-order chi connectivity index (χ1) is 25.5. The molecule has 0 unspecified atom stereocenters. The normalized spacial score (nSPS) is 13.3. The third-order valence-corrected chi connectivity index (χ3v) is 11.2. The van der Waals surface area contributed by atoms with E-state index in [9.17, 15) is 0 Å². The van der Waals surface area contributed by atoms with Crippen molar-refractivity contribution in [2.45, 2.75) is 19.3 Å². The molecule has 0 saturated heterocycles. The first-order valence-electron chi connectivity index (χ1n) is 18.2. The minimum Gasteiger partial charge on any atom is -0.310 e. The average Bonchev–Trinajstić information content (AvgIpc) is 3.21. The summed E-state index contributed by atoms with van der Waals surface area (Å²) in [6.07, 6.45) is 0. The number of benzene rings is 9. The minimum absolute atomic E-state index is 0.214. The molecule has 9 aromatic rings. The van der Waals surface area contributed by atoms with Crippen LogP contribution in [0.1, 0.15) is 25.0 Å². The number of rotatable bonds is 4. The Kier molecular flexibility index (Phi) is 6.91. The van der Waals surface area contributed by atoms with Crippen LogP contribution >= 0.6 is 0 Å². The van der Waals surface area contributed by atoms with Gasteiger partial charge in [-0.05, 0) is 119 Å². The second kappa shape index (κ2) is 11.8. The number of hydrogen-bond acceptors (Lipinski definition) is 1. The molecule has 10 rings (SSSR count). The molecule has 0 fully saturated rings. The van der Waals surface area contributed by atoms with Gasteiger partial charge in [0.05, 0.1) is 11.4 Å². The predicted molar refractivity (Wildman–Crippen MR) is 222 cm³/mol. The summed E-state index contributed by atoms with van der Waals surface area (Å²) < 4.78 is 0. The van der Waals surface area contributed by atoms with E-state index in [2.05, 4.69) is 207 Å². The van der Waals surface area contributed by atoms with Crippen LogP contribution in [0.15, 0.2) is 188 Å². The summed E-state index contributed by atoms with van der Waals surface area (Å²) in [5.41, 5.74) is 13.4. The van der Waals surface area contributed by atoms with Crippen molar-refractivity contribution in [2.75, 3.05) is 4.90 Å². The highest BCUT2D eigenvalue weighted by Gasteiger charge is 2.37. The van der Waals surface area contributed by atoms with E-state index in [1.165, 1.54) is 88.2 Å². The van der Waals surface area contributed by atoms with E-state index < -0.39 is 0 Å². The molecule has 1 aliphatic heterocycles. The molecule has 52 heavy (non-hydrogen) atoms. The van der Waals surface area contributed by atoms with Gasteiger partial charge in [0.15, 0.2) is 0 Å². The predicted octanol–water partition coefficient (Wildman–Crippen LogP) is 14.3. The second-order valence-electron chi connectivity index (χ2n) is 14.6. The molecule has 0 aromatic heterocycles. The Labute approximate surface area is 305 Å². The summed E-state index contributed by atoms with van der Waals surface area (Å²) in [6.45, 7) is 4.75. The van der Waals surface area contributed by atoms with Gasteiger partial charge in [0.2, 0.25) is 0 Å². The van der Waals surface area contributed by atoms with Gasteiger partial charge in [-0.15, -0.1) is 0 Å². The average molecular weight is 664 g/mol. The summed E-state index contributed by atoms with van der Waals surface area (Å²) in [5, 5.41) is 7.79. The summed E-state index contributed by atoms with van der Waals surface area (Å²) in [5.74, 6) is 0. The lowest BCUT2D eigenvalue weighted by atomic mass is 9.72. The lowest BCUT2D eigenvalue weighted by Crippen LogP contribution is -2.30. The molecule has 0 amide bonds. The fourth-order valence-corrected chi connectivity index (χ4v) is 8.53. The van der Waals surface area contributed by atoms with Gasteiger partial charge in [-0.1, -0.05) is 159 Å². The quantitative estimate of drug-likeness (QED) is 0.169. The fraction of sp³-hybridized carbons (Fsp3) is 0.0588. The van der Waals surface area contributed by atoms with E-state index in [1.54, 1.807) is 0 Å². The van der Waals surface area contributed by atoms with Gasteiger partial charge in [-0.25, -0.2) is 0 Å². The number of nitrogens with zero attached hydrogens (tertiary/aromatic N) is 1. The zero-order chi connectivity index (χ0) is 34.8. The molecule has 246 valence electrons. The van der Waals surface area contributed by atoms with Crippen LogP contribution in [0.25, 0.3) is 65.7 Å². The van der Waals surface area contributed by atoms with Crippen molar-refractivity contribution >= 4 is 49.4 Å². The maximum atomic E-state index is 2.46. The van der Waals surface area contributed by atoms with E-state index in [-0.39, 0.29) is 5.41 Å². The van der Waals surface area contributed by atoms with Crippen molar-refractivity contribution in [3.8, 4) is 33.4 Å². The van der Waals surface area contributed by atoms with Crippen molar-refractivity contribution in [3.05, 3.63) is 199 Å². The van der Waals surface area contributed by atoms with E-state index in [1.807, 2.05) is 0 Å². The summed E-state index contributed by atoms with van der Waals surface area (Å²) in [4.78, 5) is 2.46. The molecule has 0 spiro atoms. The van der Waals surface area contributed by atoms with E-state index >= 15 is 0 Å². The number of fused-ring (bicyclic) bond motifs is 8. The topological polar surface area (TPSA) is 3.24 Å². The first kappa shape index (κ1) is 30.4. The van der Waals surface area contributed by atoms with Gasteiger partial charge in [0.25, 0.3) is 0 Å². The van der Waals surface area contributed by atoms with Crippen LogP contribution < -0.4 is 4.90 Å². The third-order valence-electron chi connectivity index (χ3n) is 11.2. The highest BCUT2D eigenvalue weighted by molar-refractivity contribution is 6.25. The van der Waals surface area contributed by atoms with Crippen LogP contribution in [0.4, 0.5) is 17.1 Å². The molecule has 0 bridgehead atoms. The second-order valence-corrected chi connectivity index (χ2v) is 14.6. The van der Waals surface area contributed by atoms with Gasteiger partial charge in [-0.3, -0.25) is 0 Å². The van der Waals surface area contributed by atoms with Crippen LogP contribution in [0.5, 0.6) is 0 Å². The van der Waals surface area contributed by atoms with Gasteiger partial charge in [0, 0.05) is 11.1 Å². The molecule has 0 saturated carbocycles. The Morgan fingerprint density at radius 2 is 0.673 bits per heavy atom. The zero-order valence-corrected chi connectivity index (χ0v) is 29.3. The van der Waals surface area contributed by atoms with E-state index in [4.69, 9.17) is 0 Å². The third kappa shape index (κ3) is 4.77. The molecule has 0 aliphatic carbocycles. The summed E-state index contributed by atoms with van der Waals surface area (Å²) in [6, 6.07) is 69.2. The van der Waals surface area contributed by atoms with Crippen LogP contribution in [0.3, 0.4) is 0 Å². The Morgan fingerprint density at radius 3 is 1.17 bits per heavy atom. The van der Waals surface area contributed by atoms with Crippen LogP contribution in [0, 0.1) is 0 Å². The van der Waals surface area contributed by atoms with Crippen LogP contribution in [0.2, 0.25) is 0 Å². The van der Waals surface area contributed by atoms with Crippen molar-refractivity contribution in [2.24, 2.45) is 0 Å². The molecule has 1 heterocycles. The molecule has 0 N–H and O–H groups in total. The highest BCUT2D eigenvalue weighted by Crippen LogP contribution is 2.53. The Morgan fingerprint density at radius 1 is 0.308 bits per heavy atom. The number of hydrogen-bond donors (Lipinski definition) is 0. The van der Waals surface area contributed by atoms with Gasteiger partial charge < -0.3 is 4.90 Å². The molecular formula is C51H37N. The first-order valence-corrected chi connectivity index (χ1v) is 18.2. The largest absolute Gasteiger partial charge is 0.310 e. The van der Waals surface area contributed by atoms with Gasteiger partial charge in [0.1, 0.15) is 0 Å². The minimum atomic E-state index is -0.214. The zero-order valence-electron chi connectivity index (χ0n) is 29.3. The molecular weight excluding hydrogens is 627 g/mol. The Balaban J connectivity index is 1.11. The molecule has 9 aromatic carbocycles. The van der Waals surface area contributed by atoms with Crippen molar-refractivity contribution < 1.29 is 0 Å². The smallest absolute Gasteiger partial charge is 0.0503 e. The maximum Gasteiger partial charge on any atom is 0.0503 e. The molecule has 0 atom stereocenters. The highest BCUT2D eigenvalue weighted by atomic mass is 15.2. The Bertz CT molecular complexity index is 2670. The van der Waals surface area contributed by atoms with Crippen molar-refractivity contribution in [1.29, 1.82) is 0 Å². The fourth-order valence-electron chi connectivity index (χ4n) is 8.53. The van der Waals surface area contributed by atoms with E-state index in [0.29, 0.717) is 0 Å². The Hall–Kier alpha value is -6.44. The molecule has 1 aliphatic rings. The molecule has 1 heteroatoms.